The lowest BCUT2D eigenvalue weighted by Crippen LogP contribution is -2.10. The molecule has 1 heterocycles. The van der Waals surface area contributed by atoms with Gasteiger partial charge in [0.05, 0.1) is 0 Å². The summed E-state index contributed by atoms with van der Waals surface area (Å²) in [6.45, 7) is 0. The molecule has 0 aliphatic heterocycles. The van der Waals surface area contributed by atoms with Crippen LogP contribution in [0, 0.1) is 0 Å². The summed E-state index contributed by atoms with van der Waals surface area (Å²) in [7, 11) is -6.00. The van der Waals surface area contributed by atoms with Crippen LogP contribution in [0.2, 0.25) is 0 Å². The Morgan fingerprint density at radius 2 is 1.00 bits per heavy atom. The molecule has 0 saturated carbocycles. The van der Waals surface area contributed by atoms with Gasteiger partial charge in [0.15, 0.2) is 6.20 Å². The number of aromatic nitrogens is 1. The van der Waals surface area contributed by atoms with Gasteiger partial charge in [-0.05, 0) is 28.8 Å². The second-order valence-corrected chi connectivity index (χ2v) is 6.65. The van der Waals surface area contributed by atoms with Gasteiger partial charge < -0.3 is 17.3 Å². The third-order valence-electron chi connectivity index (χ3n) is 4.51. The Hall–Kier alpha value is -3.41. The third kappa shape index (κ3) is 6.31. The average molecular weight is 409 g/mol. The van der Waals surface area contributed by atoms with Crippen molar-refractivity contribution in [2.24, 2.45) is 0 Å². The molecule has 0 aliphatic carbocycles. The number of halogens is 4. The Bertz CT molecular complexity index is 993. The maximum Gasteiger partial charge on any atom is 0.673 e. The Balaban J connectivity index is 0.000000461. The lowest BCUT2D eigenvalue weighted by atomic mass is 9.85. The summed E-state index contributed by atoms with van der Waals surface area (Å²) in [6.07, 6.45) is 2.04. The van der Waals surface area contributed by atoms with E-state index in [2.05, 4.69) is 102 Å². The van der Waals surface area contributed by atoms with Crippen LogP contribution in [0.25, 0.3) is 11.3 Å². The van der Waals surface area contributed by atoms with Crippen molar-refractivity contribution in [2.45, 2.75) is 5.92 Å². The lowest BCUT2D eigenvalue weighted by molar-refractivity contribution is -0.364. The van der Waals surface area contributed by atoms with Crippen LogP contribution < -0.4 is 4.98 Å². The molecule has 1 aromatic heterocycles. The lowest BCUT2D eigenvalue weighted by Gasteiger charge is -2.18. The van der Waals surface area contributed by atoms with E-state index < -0.39 is 7.25 Å². The van der Waals surface area contributed by atoms with Crippen LogP contribution >= 0.6 is 0 Å². The zero-order valence-corrected chi connectivity index (χ0v) is 16.1. The molecule has 0 radical (unpaired) electrons. The average Bonchev–Trinajstić information content (AvgIpc) is 2.75. The minimum atomic E-state index is -6.00. The molecule has 6 heteroatoms. The van der Waals surface area contributed by atoms with Crippen molar-refractivity contribution >= 4 is 7.25 Å². The Morgan fingerprint density at radius 1 is 0.567 bits per heavy atom. The molecular formula is C24H20BF4N. The fourth-order valence-electron chi connectivity index (χ4n) is 3.32. The van der Waals surface area contributed by atoms with Crippen LogP contribution in [0.15, 0.2) is 109 Å². The van der Waals surface area contributed by atoms with E-state index in [-0.39, 0.29) is 5.92 Å². The molecule has 4 rings (SSSR count). The number of nitrogens with one attached hydrogen (secondary N) is 1. The van der Waals surface area contributed by atoms with Gasteiger partial charge in [0.2, 0.25) is 5.69 Å². The van der Waals surface area contributed by atoms with Gasteiger partial charge >= 0.3 is 7.25 Å². The van der Waals surface area contributed by atoms with Gasteiger partial charge in [0, 0.05) is 23.6 Å². The van der Waals surface area contributed by atoms with Crippen LogP contribution in [0.5, 0.6) is 0 Å². The first kappa shape index (κ1) is 21.3. The van der Waals surface area contributed by atoms with Crippen LogP contribution in [0.1, 0.15) is 22.6 Å². The minimum absolute atomic E-state index is 0.222. The highest BCUT2D eigenvalue weighted by molar-refractivity contribution is 6.50. The highest BCUT2D eigenvalue weighted by atomic mass is 19.5. The molecule has 0 bridgehead atoms. The van der Waals surface area contributed by atoms with Crippen LogP contribution in [0.4, 0.5) is 17.3 Å². The Labute approximate surface area is 173 Å². The van der Waals surface area contributed by atoms with Crippen LogP contribution in [-0.2, 0) is 0 Å². The van der Waals surface area contributed by atoms with Crippen molar-refractivity contribution in [1.29, 1.82) is 0 Å². The van der Waals surface area contributed by atoms with Gasteiger partial charge in [0.25, 0.3) is 0 Å². The summed E-state index contributed by atoms with van der Waals surface area (Å²) in [5.41, 5.74) is 6.23. The van der Waals surface area contributed by atoms with Gasteiger partial charge in [-0.2, -0.15) is 0 Å². The highest BCUT2D eigenvalue weighted by Gasteiger charge is 2.20. The maximum absolute atomic E-state index is 9.75. The first-order chi connectivity index (χ1) is 14.4. The van der Waals surface area contributed by atoms with Gasteiger partial charge in [0.1, 0.15) is 0 Å². The van der Waals surface area contributed by atoms with E-state index in [1.807, 2.05) is 12.3 Å². The summed E-state index contributed by atoms with van der Waals surface area (Å²) < 4.78 is 39.0. The molecular weight excluding hydrogens is 389 g/mol. The zero-order chi connectivity index (χ0) is 21.4. The van der Waals surface area contributed by atoms with Gasteiger partial charge in [-0.3, -0.25) is 0 Å². The van der Waals surface area contributed by atoms with Gasteiger partial charge in [-0.15, -0.1) is 0 Å². The van der Waals surface area contributed by atoms with E-state index in [0.29, 0.717) is 0 Å². The highest BCUT2D eigenvalue weighted by Crippen LogP contribution is 2.32. The predicted molar refractivity (Wildman–Crippen MR) is 112 cm³/mol. The molecule has 0 fully saturated rings. The SMILES string of the molecule is F[B-](F)(F)F.c1ccc(-c2cc(C(c3ccccc3)c3ccccc3)cc[nH+]2)cc1. The fourth-order valence-corrected chi connectivity index (χ4v) is 3.32. The van der Waals surface area contributed by atoms with E-state index in [1.165, 1.54) is 22.3 Å². The first-order valence-corrected chi connectivity index (χ1v) is 9.46. The minimum Gasteiger partial charge on any atom is -0.418 e. The summed E-state index contributed by atoms with van der Waals surface area (Å²) >= 11 is 0. The molecule has 152 valence electrons. The van der Waals surface area contributed by atoms with Crippen molar-refractivity contribution in [3.8, 4) is 11.3 Å². The molecule has 1 N–H and O–H groups in total. The van der Waals surface area contributed by atoms with Gasteiger partial charge in [-0.25, -0.2) is 4.98 Å². The van der Waals surface area contributed by atoms with E-state index in [9.17, 15) is 17.3 Å². The molecule has 4 aromatic rings. The molecule has 30 heavy (non-hydrogen) atoms. The van der Waals surface area contributed by atoms with Crippen molar-refractivity contribution in [1.82, 2.24) is 0 Å². The Morgan fingerprint density at radius 3 is 1.47 bits per heavy atom. The third-order valence-corrected chi connectivity index (χ3v) is 4.51. The Kier molecular flexibility index (Phi) is 7.01. The normalized spacial score (nSPS) is 11.0. The molecule has 0 spiro atoms. The number of pyridine rings is 1. The smallest absolute Gasteiger partial charge is 0.418 e. The van der Waals surface area contributed by atoms with E-state index in [4.69, 9.17) is 0 Å². The van der Waals surface area contributed by atoms with Crippen molar-refractivity contribution in [2.75, 3.05) is 0 Å². The number of hydrogen-bond donors (Lipinski definition) is 0. The summed E-state index contributed by atoms with van der Waals surface area (Å²) in [5.74, 6) is 0.222. The van der Waals surface area contributed by atoms with E-state index in [1.54, 1.807) is 0 Å². The monoisotopic (exact) mass is 409 g/mol. The number of benzene rings is 3. The maximum atomic E-state index is 9.75. The number of rotatable bonds is 4. The second kappa shape index (κ2) is 9.88. The van der Waals surface area contributed by atoms with Crippen LogP contribution in [0.3, 0.4) is 0 Å². The number of aromatic amines is 1. The van der Waals surface area contributed by atoms with Crippen molar-refractivity contribution < 1.29 is 22.2 Å². The summed E-state index contributed by atoms with van der Waals surface area (Å²) in [5, 5.41) is 0. The fraction of sp³-hybridized carbons (Fsp3) is 0.0417. The predicted octanol–water partition coefficient (Wildman–Crippen LogP) is 6.65. The van der Waals surface area contributed by atoms with E-state index >= 15 is 0 Å². The van der Waals surface area contributed by atoms with Crippen LogP contribution in [-0.4, -0.2) is 7.25 Å². The van der Waals surface area contributed by atoms with Crippen molar-refractivity contribution in [3.05, 3.63) is 126 Å². The number of hydrogen-bond acceptors (Lipinski definition) is 0. The van der Waals surface area contributed by atoms with E-state index in [0.717, 1.165) is 5.69 Å². The molecule has 1 nitrogen and oxygen atoms in total. The topological polar surface area (TPSA) is 14.1 Å². The first-order valence-electron chi connectivity index (χ1n) is 9.46. The molecule has 0 atom stereocenters. The summed E-state index contributed by atoms with van der Waals surface area (Å²) in [4.78, 5) is 3.38. The largest absolute Gasteiger partial charge is 0.673 e. The van der Waals surface area contributed by atoms with Gasteiger partial charge in [-0.1, -0.05) is 78.9 Å². The second-order valence-electron chi connectivity index (χ2n) is 6.65. The quantitative estimate of drug-likeness (QED) is 0.265. The summed E-state index contributed by atoms with van der Waals surface area (Å²) in [6, 6.07) is 36.3. The molecule has 3 aromatic carbocycles. The zero-order valence-electron chi connectivity index (χ0n) is 16.1. The molecule has 0 amide bonds. The van der Waals surface area contributed by atoms with Crippen molar-refractivity contribution in [3.63, 3.8) is 0 Å². The molecule has 0 saturated heterocycles. The molecule has 0 aliphatic rings. The number of H-pyrrole nitrogens is 1. The molecule has 0 unspecified atom stereocenters. The standard InChI is InChI=1S/C24H19N.BF4/c1-4-10-19(11-5-1)23-18-22(16-17-25-23)24(20-12-6-2-7-13-20)21-14-8-3-9-15-21;2-1(3,4)5/h1-18,24H;/q;-1/p+1.